The number of likely N-dealkylation sites (tertiary alicyclic amines) is 1. The van der Waals surface area contributed by atoms with Crippen LogP contribution in [-0.4, -0.2) is 70.6 Å². The molecule has 1 fully saturated rings. The molecule has 1 saturated heterocycles. The summed E-state index contributed by atoms with van der Waals surface area (Å²) in [4.78, 5) is 26.7. The predicted molar refractivity (Wildman–Crippen MR) is 138 cm³/mol. The normalized spacial score (nSPS) is 15.9. The monoisotopic (exact) mass is 494 g/mol. The molecule has 8 nitrogen and oxygen atoms in total. The second-order valence-corrected chi connectivity index (χ2v) is 9.85. The average Bonchev–Trinajstić information content (AvgIpc) is 3.17. The maximum absolute atomic E-state index is 13.2. The second-order valence-electron chi connectivity index (χ2n) is 9.46. The fourth-order valence-corrected chi connectivity index (χ4v) is 5.40. The Kier molecular flexibility index (Phi) is 6.42. The van der Waals surface area contributed by atoms with Crippen LogP contribution in [0.25, 0.3) is 11.4 Å². The molecule has 0 atom stereocenters. The molecule has 0 unspecified atom stereocenters. The lowest BCUT2D eigenvalue weighted by Crippen LogP contribution is -2.44. The topological polar surface area (TPSA) is 75.5 Å². The Hall–Kier alpha value is -3.10. The Morgan fingerprint density at radius 3 is 2.74 bits per heavy atom. The quantitative estimate of drug-likeness (QED) is 0.567. The van der Waals surface area contributed by atoms with Crippen LogP contribution >= 0.6 is 11.6 Å². The number of nitrogens with one attached hydrogen (secondary N) is 1. The van der Waals surface area contributed by atoms with Crippen LogP contribution in [0, 0.1) is 6.92 Å². The molecule has 2 aromatic heterocycles. The first-order chi connectivity index (χ1) is 16.9. The number of piperidine rings is 1. The summed E-state index contributed by atoms with van der Waals surface area (Å²) < 4.78 is 7.72. The second kappa shape index (κ2) is 9.51. The molecule has 0 bridgehead atoms. The number of carbonyl (C=O) groups excluding carboxylic acids is 1. The fourth-order valence-electron chi connectivity index (χ4n) is 5.06. The van der Waals surface area contributed by atoms with Gasteiger partial charge in [0, 0.05) is 37.0 Å². The van der Waals surface area contributed by atoms with Crippen LogP contribution in [0.5, 0.6) is 5.75 Å². The van der Waals surface area contributed by atoms with E-state index < -0.39 is 0 Å². The van der Waals surface area contributed by atoms with Gasteiger partial charge in [0.1, 0.15) is 10.9 Å². The van der Waals surface area contributed by atoms with E-state index in [2.05, 4.69) is 26.8 Å². The highest BCUT2D eigenvalue weighted by Crippen LogP contribution is 2.36. The van der Waals surface area contributed by atoms with Crippen LogP contribution in [0.15, 0.2) is 30.5 Å². The molecule has 0 aliphatic carbocycles. The largest absolute Gasteiger partial charge is 0.495 e. The van der Waals surface area contributed by atoms with Crippen molar-refractivity contribution in [3.05, 3.63) is 52.3 Å². The zero-order valence-electron chi connectivity index (χ0n) is 20.6. The summed E-state index contributed by atoms with van der Waals surface area (Å²) in [6, 6.07) is 7.68. The van der Waals surface area contributed by atoms with Gasteiger partial charge in [-0.05, 0) is 76.2 Å². The van der Waals surface area contributed by atoms with Crippen LogP contribution in [0.1, 0.15) is 34.3 Å². The van der Waals surface area contributed by atoms with E-state index in [1.807, 2.05) is 43.3 Å². The fraction of sp³-hybridized carbons (Fsp3) is 0.423. The number of aromatic nitrogens is 3. The van der Waals surface area contributed by atoms with Crippen molar-refractivity contribution in [3.63, 3.8) is 0 Å². The third-order valence-corrected chi connectivity index (χ3v) is 7.49. The Labute approximate surface area is 210 Å². The first kappa shape index (κ1) is 23.6. The first-order valence-electron chi connectivity index (χ1n) is 12.0. The van der Waals surface area contributed by atoms with Gasteiger partial charge in [-0.25, -0.2) is 9.97 Å². The van der Waals surface area contributed by atoms with E-state index in [4.69, 9.17) is 21.3 Å². The minimum absolute atomic E-state index is 0.00236. The number of amides is 1. The summed E-state index contributed by atoms with van der Waals surface area (Å²) in [5.41, 5.74) is 5.42. The number of rotatable bonds is 5. The van der Waals surface area contributed by atoms with Gasteiger partial charge in [0.2, 0.25) is 5.95 Å². The molecule has 35 heavy (non-hydrogen) atoms. The molecule has 0 saturated carbocycles. The van der Waals surface area contributed by atoms with Crippen molar-refractivity contribution in [2.24, 2.45) is 0 Å². The average molecular weight is 495 g/mol. The minimum Gasteiger partial charge on any atom is -0.495 e. The van der Waals surface area contributed by atoms with E-state index in [0.717, 1.165) is 66.6 Å². The molecule has 3 aromatic rings. The standard InChI is InChI=1S/C26H31ClN6O2/c1-16-13-22(27)33-12-7-18-15-28-26(30-23(18)24(16)33)29-20-6-5-17(14-21(20)35-4)25(34)32(3)19-8-10-31(2)11-9-19/h5-6,13-15,19H,7-12H2,1-4H3,(H,28,29,30). The number of fused-ring (bicyclic) bond motifs is 3. The number of aryl methyl sites for hydroxylation is 2. The smallest absolute Gasteiger partial charge is 0.253 e. The van der Waals surface area contributed by atoms with Gasteiger partial charge in [0.25, 0.3) is 5.91 Å². The van der Waals surface area contributed by atoms with Gasteiger partial charge >= 0.3 is 0 Å². The van der Waals surface area contributed by atoms with Crippen molar-refractivity contribution in [2.45, 2.75) is 38.8 Å². The van der Waals surface area contributed by atoms with Crippen LogP contribution < -0.4 is 10.1 Å². The third-order valence-electron chi connectivity index (χ3n) is 7.18. The maximum atomic E-state index is 13.2. The van der Waals surface area contributed by atoms with E-state index in [1.54, 1.807) is 13.2 Å². The minimum atomic E-state index is 0.00236. The number of nitrogens with zero attached hydrogens (tertiary/aromatic N) is 5. The number of carbonyl (C=O) groups is 1. The molecule has 2 aliphatic rings. The maximum Gasteiger partial charge on any atom is 0.253 e. The number of hydrogen-bond donors (Lipinski definition) is 1. The number of anilines is 2. The summed E-state index contributed by atoms with van der Waals surface area (Å²) in [6.45, 7) is 4.88. The van der Waals surface area contributed by atoms with E-state index in [9.17, 15) is 4.79 Å². The lowest BCUT2D eigenvalue weighted by Gasteiger charge is -2.35. The van der Waals surface area contributed by atoms with Crippen LogP contribution in [0.3, 0.4) is 0 Å². The molecule has 1 aromatic carbocycles. The van der Waals surface area contributed by atoms with Crippen molar-refractivity contribution < 1.29 is 9.53 Å². The molecule has 1 N–H and O–H groups in total. The SMILES string of the molecule is COc1cc(C(=O)N(C)C2CCN(C)CC2)ccc1Nc1ncc2c(n1)-c1c(C)cc(Cl)n1CC2. The molecule has 184 valence electrons. The number of methoxy groups -OCH3 is 1. The highest BCUT2D eigenvalue weighted by molar-refractivity contribution is 6.30. The van der Waals surface area contributed by atoms with Crippen LogP contribution in [0.2, 0.25) is 5.15 Å². The zero-order chi connectivity index (χ0) is 24.7. The molecule has 4 heterocycles. The van der Waals surface area contributed by atoms with Gasteiger partial charge < -0.3 is 24.4 Å². The van der Waals surface area contributed by atoms with E-state index in [-0.39, 0.29) is 11.9 Å². The molecule has 2 aliphatic heterocycles. The number of hydrogen-bond acceptors (Lipinski definition) is 6. The molecule has 5 rings (SSSR count). The first-order valence-corrected chi connectivity index (χ1v) is 12.4. The summed E-state index contributed by atoms with van der Waals surface area (Å²) in [6.07, 6.45) is 4.68. The molecular weight excluding hydrogens is 464 g/mol. The van der Waals surface area contributed by atoms with E-state index >= 15 is 0 Å². The van der Waals surface area contributed by atoms with Gasteiger partial charge in [-0.1, -0.05) is 11.6 Å². The molecule has 1 amide bonds. The van der Waals surface area contributed by atoms with Crippen molar-refractivity contribution in [1.29, 1.82) is 0 Å². The van der Waals surface area contributed by atoms with Crippen LogP contribution in [-0.2, 0) is 13.0 Å². The third kappa shape index (κ3) is 4.48. The Balaban J connectivity index is 1.38. The molecule has 0 radical (unpaired) electrons. The highest BCUT2D eigenvalue weighted by atomic mass is 35.5. The Morgan fingerprint density at radius 1 is 1.23 bits per heavy atom. The lowest BCUT2D eigenvalue weighted by molar-refractivity contribution is 0.0659. The molecular formula is C26H31ClN6O2. The van der Waals surface area contributed by atoms with Gasteiger partial charge in [-0.2, -0.15) is 0 Å². The highest BCUT2D eigenvalue weighted by Gasteiger charge is 2.26. The Bertz CT molecular complexity index is 1260. The van der Waals surface area contributed by atoms with Crippen LogP contribution in [0.4, 0.5) is 11.6 Å². The summed E-state index contributed by atoms with van der Waals surface area (Å²) in [5.74, 6) is 1.04. The number of ether oxygens (including phenoxy) is 1. The predicted octanol–water partition coefficient (Wildman–Crippen LogP) is 4.38. The zero-order valence-corrected chi connectivity index (χ0v) is 21.4. The lowest BCUT2D eigenvalue weighted by atomic mass is 10.0. The van der Waals surface area contributed by atoms with Crippen molar-refractivity contribution in [3.8, 4) is 17.1 Å². The number of halogens is 1. The van der Waals surface area contributed by atoms with Gasteiger partial charge in [0.05, 0.1) is 24.2 Å². The summed E-state index contributed by atoms with van der Waals surface area (Å²) in [5, 5.41) is 4.00. The van der Waals surface area contributed by atoms with E-state index in [1.165, 1.54) is 0 Å². The Morgan fingerprint density at radius 2 is 2.00 bits per heavy atom. The number of benzene rings is 1. The van der Waals surface area contributed by atoms with Crippen molar-refractivity contribution >= 4 is 29.1 Å². The van der Waals surface area contributed by atoms with Gasteiger partial charge in [0.15, 0.2) is 0 Å². The van der Waals surface area contributed by atoms with Gasteiger partial charge in [-0.3, -0.25) is 4.79 Å². The summed E-state index contributed by atoms with van der Waals surface area (Å²) >= 11 is 6.41. The molecule has 9 heteroatoms. The van der Waals surface area contributed by atoms with Crippen molar-refractivity contribution in [1.82, 2.24) is 24.3 Å². The van der Waals surface area contributed by atoms with E-state index in [0.29, 0.717) is 22.9 Å². The molecule has 0 spiro atoms. The van der Waals surface area contributed by atoms with Crippen molar-refractivity contribution in [2.75, 3.05) is 39.6 Å². The van der Waals surface area contributed by atoms with Gasteiger partial charge in [-0.15, -0.1) is 0 Å². The summed E-state index contributed by atoms with van der Waals surface area (Å²) in [7, 11) is 5.61.